The van der Waals surface area contributed by atoms with Crippen LogP contribution in [0.3, 0.4) is 0 Å². The van der Waals surface area contributed by atoms with Gasteiger partial charge in [0.1, 0.15) is 5.75 Å². The van der Waals surface area contributed by atoms with Crippen molar-refractivity contribution in [2.45, 2.75) is 26.8 Å². The van der Waals surface area contributed by atoms with Gasteiger partial charge in [0.2, 0.25) is 0 Å². The van der Waals surface area contributed by atoms with Crippen LogP contribution in [0.2, 0.25) is 0 Å². The monoisotopic (exact) mass is 234 g/mol. The van der Waals surface area contributed by atoms with Gasteiger partial charge in [-0.15, -0.1) is 0 Å². The van der Waals surface area contributed by atoms with Gasteiger partial charge in [0.05, 0.1) is 7.11 Å². The van der Waals surface area contributed by atoms with Crippen molar-refractivity contribution >= 4 is 0 Å². The lowest BCUT2D eigenvalue weighted by molar-refractivity contribution is 0.294. The SMILES string of the molecule is COc1c(C)cc(C(N)C2CNC2)c(C)c1C. The fraction of sp³-hybridized carbons (Fsp3) is 0.571. The molecule has 2 rings (SSSR count). The Bertz CT molecular complexity index is 425. The smallest absolute Gasteiger partial charge is 0.124 e. The van der Waals surface area contributed by atoms with E-state index in [1.54, 1.807) is 7.11 Å². The molecule has 1 fully saturated rings. The summed E-state index contributed by atoms with van der Waals surface area (Å²) in [5.74, 6) is 1.56. The topological polar surface area (TPSA) is 47.3 Å². The van der Waals surface area contributed by atoms with Crippen LogP contribution in [0, 0.1) is 26.7 Å². The van der Waals surface area contributed by atoms with Crippen LogP contribution in [-0.2, 0) is 0 Å². The zero-order valence-electron chi connectivity index (χ0n) is 11.1. The molecule has 94 valence electrons. The van der Waals surface area contributed by atoms with Crippen LogP contribution >= 0.6 is 0 Å². The maximum absolute atomic E-state index is 6.35. The van der Waals surface area contributed by atoms with Crippen LogP contribution in [0.5, 0.6) is 5.75 Å². The van der Waals surface area contributed by atoms with E-state index >= 15 is 0 Å². The molecule has 1 aliphatic heterocycles. The van der Waals surface area contributed by atoms with Gasteiger partial charge in [0.25, 0.3) is 0 Å². The summed E-state index contributed by atoms with van der Waals surface area (Å²) in [5, 5.41) is 3.28. The Morgan fingerprint density at radius 3 is 2.41 bits per heavy atom. The fourth-order valence-corrected chi connectivity index (χ4v) is 2.57. The largest absolute Gasteiger partial charge is 0.496 e. The summed E-state index contributed by atoms with van der Waals surface area (Å²) >= 11 is 0. The number of benzene rings is 1. The van der Waals surface area contributed by atoms with Crippen molar-refractivity contribution < 1.29 is 4.74 Å². The second kappa shape index (κ2) is 4.67. The highest BCUT2D eigenvalue weighted by Crippen LogP contribution is 2.33. The van der Waals surface area contributed by atoms with E-state index in [2.05, 4.69) is 32.2 Å². The molecule has 0 bridgehead atoms. The first kappa shape index (κ1) is 12.4. The minimum atomic E-state index is 0.138. The molecule has 1 aliphatic rings. The van der Waals surface area contributed by atoms with Gasteiger partial charge in [-0.1, -0.05) is 6.07 Å². The summed E-state index contributed by atoms with van der Waals surface area (Å²) in [4.78, 5) is 0. The highest BCUT2D eigenvalue weighted by Gasteiger charge is 2.27. The zero-order valence-corrected chi connectivity index (χ0v) is 11.1. The molecule has 0 saturated carbocycles. The van der Waals surface area contributed by atoms with Gasteiger partial charge in [-0.2, -0.15) is 0 Å². The normalized spacial score (nSPS) is 17.7. The average Bonchev–Trinajstić information content (AvgIpc) is 2.21. The predicted molar refractivity (Wildman–Crippen MR) is 70.5 cm³/mol. The molecule has 0 spiro atoms. The van der Waals surface area contributed by atoms with Crippen molar-refractivity contribution in [3.8, 4) is 5.75 Å². The molecule has 3 nitrogen and oxygen atoms in total. The number of methoxy groups -OCH3 is 1. The molecule has 0 aliphatic carbocycles. The lowest BCUT2D eigenvalue weighted by Gasteiger charge is -2.34. The van der Waals surface area contributed by atoms with Crippen molar-refractivity contribution in [1.82, 2.24) is 5.32 Å². The number of nitrogens with two attached hydrogens (primary N) is 1. The molecule has 1 saturated heterocycles. The number of hydrogen-bond acceptors (Lipinski definition) is 3. The Morgan fingerprint density at radius 1 is 1.29 bits per heavy atom. The highest BCUT2D eigenvalue weighted by molar-refractivity contribution is 5.50. The first-order chi connectivity index (χ1) is 8.06. The molecule has 3 N–H and O–H groups in total. The third kappa shape index (κ3) is 2.05. The minimum absolute atomic E-state index is 0.138. The van der Waals surface area contributed by atoms with Gasteiger partial charge in [-0.3, -0.25) is 0 Å². The Hall–Kier alpha value is -1.06. The number of ether oxygens (including phenoxy) is 1. The van der Waals surface area contributed by atoms with E-state index in [0.717, 1.165) is 18.8 Å². The summed E-state index contributed by atoms with van der Waals surface area (Å²) < 4.78 is 5.44. The van der Waals surface area contributed by atoms with Gasteiger partial charge in [0.15, 0.2) is 0 Å². The summed E-state index contributed by atoms with van der Waals surface area (Å²) in [6.07, 6.45) is 0. The molecule has 0 aromatic heterocycles. The average molecular weight is 234 g/mol. The van der Waals surface area contributed by atoms with Gasteiger partial charge in [0, 0.05) is 25.0 Å². The number of aryl methyl sites for hydroxylation is 1. The van der Waals surface area contributed by atoms with Crippen molar-refractivity contribution in [2.24, 2.45) is 11.7 Å². The van der Waals surface area contributed by atoms with Gasteiger partial charge in [-0.25, -0.2) is 0 Å². The molecule has 1 heterocycles. The molecule has 1 aromatic carbocycles. The minimum Gasteiger partial charge on any atom is -0.496 e. The van der Waals surface area contributed by atoms with E-state index in [9.17, 15) is 0 Å². The summed E-state index contributed by atoms with van der Waals surface area (Å²) in [6.45, 7) is 8.39. The molecule has 3 heteroatoms. The zero-order chi connectivity index (χ0) is 12.6. The molecule has 1 atom stereocenters. The maximum Gasteiger partial charge on any atom is 0.124 e. The second-order valence-electron chi connectivity index (χ2n) is 5.01. The summed E-state index contributed by atoms with van der Waals surface area (Å²) in [7, 11) is 1.73. The molecule has 1 aromatic rings. The van der Waals surface area contributed by atoms with Crippen LogP contribution in [0.25, 0.3) is 0 Å². The van der Waals surface area contributed by atoms with E-state index in [1.165, 1.54) is 22.3 Å². The quantitative estimate of drug-likeness (QED) is 0.839. The third-order valence-electron chi connectivity index (χ3n) is 3.95. The Balaban J connectivity index is 2.40. The number of nitrogens with one attached hydrogen (secondary N) is 1. The van der Waals surface area contributed by atoms with E-state index in [0.29, 0.717) is 5.92 Å². The maximum atomic E-state index is 6.35. The fourth-order valence-electron chi connectivity index (χ4n) is 2.57. The lowest BCUT2D eigenvalue weighted by atomic mass is 9.85. The first-order valence-corrected chi connectivity index (χ1v) is 6.17. The van der Waals surface area contributed by atoms with Crippen LogP contribution in [0.1, 0.15) is 28.3 Å². The molecule has 0 radical (unpaired) electrons. The lowest BCUT2D eigenvalue weighted by Crippen LogP contribution is -2.47. The number of rotatable bonds is 3. The van der Waals surface area contributed by atoms with E-state index < -0.39 is 0 Å². The number of hydrogen-bond donors (Lipinski definition) is 2. The standard InChI is InChI=1S/C14H22N2O/c1-8-5-12(13(15)11-6-16-7-11)9(2)10(3)14(8)17-4/h5,11,13,16H,6-7,15H2,1-4H3. The van der Waals surface area contributed by atoms with E-state index in [-0.39, 0.29) is 6.04 Å². The Labute approximate surface area is 103 Å². The van der Waals surface area contributed by atoms with Crippen LogP contribution < -0.4 is 15.8 Å². The Morgan fingerprint density at radius 2 is 1.94 bits per heavy atom. The van der Waals surface area contributed by atoms with Crippen LogP contribution in [-0.4, -0.2) is 20.2 Å². The first-order valence-electron chi connectivity index (χ1n) is 6.17. The summed E-state index contributed by atoms with van der Waals surface area (Å²) in [6, 6.07) is 2.32. The molecule has 0 amide bonds. The molecular weight excluding hydrogens is 212 g/mol. The van der Waals surface area contributed by atoms with E-state index in [4.69, 9.17) is 10.5 Å². The Kier molecular flexibility index (Phi) is 3.40. The van der Waals surface area contributed by atoms with E-state index in [1.807, 2.05) is 0 Å². The van der Waals surface area contributed by atoms with Crippen LogP contribution in [0.4, 0.5) is 0 Å². The van der Waals surface area contributed by atoms with Crippen LogP contribution in [0.15, 0.2) is 6.07 Å². The molecule has 17 heavy (non-hydrogen) atoms. The third-order valence-corrected chi connectivity index (χ3v) is 3.95. The van der Waals surface area contributed by atoms with Gasteiger partial charge in [-0.05, 0) is 43.0 Å². The predicted octanol–water partition coefficient (Wildman–Crippen LogP) is 1.84. The molecular formula is C14H22N2O. The summed E-state index contributed by atoms with van der Waals surface area (Å²) in [5.41, 5.74) is 11.3. The van der Waals surface area contributed by atoms with Gasteiger partial charge >= 0.3 is 0 Å². The van der Waals surface area contributed by atoms with Crippen molar-refractivity contribution in [3.63, 3.8) is 0 Å². The van der Waals surface area contributed by atoms with Crippen molar-refractivity contribution in [1.29, 1.82) is 0 Å². The molecule has 1 unspecified atom stereocenters. The highest BCUT2D eigenvalue weighted by atomic mass is 16.5. The van der Waals surface area contributed by atoms with Gasteiger partial charge < -0.3 is 15.8 Å². The van der Waals surface area contributed by atoms with Crippen molar-refractivity contribution in [2.75, 3.05) is 20.2 Å². The second-order valence-corrected chi connectivity index (χ2v) is 5.01. The van der Waals surface area contributed by atoms with Crippen molar-refractivity contribution in [3.05, 3.63) is 28.3 Å².